The molecule has 2 aliphatic rings. The zero-order valence-electron chi connectivity index (χ0n) is 15.2. The first-order valence-corrected chi connectivity index (χ1v) is 9.03. The van der Waals surface area contributed by atoms with Crippen molar-refractivity contribution in [3.63, 3.8) is 0 Å². The van der Waals surface area contributed by atoms with E-state index in [9.17, 15) is 28.0 Å². The van der Waals surface area contributed by atoms with Crippen LogP contribution in [0.2, 0.25) is 0 Å². The summed E-state index contributed by atoms with van der Waals surface area (Å²) in [6.45, 7) is 1.62. The molecule has 3 amide bonds. The Morgan fingerprint density at radius 2 is 1.81 bits per heavy atom. The maximum Gasteiger partial charge on any atom is 0.407 e. The summed E-state index contributed by atoms with van der Waals surface area (Å²) < 4.78 is 33.0. The molecule has 1 unspecified atom stereocenters. The first kappa shape index (κ1) is 21.0. The van der Waals surface area contributed by atoms with Crippen LogP contribution < -0.4 is 16.4 Å². The maximum absolute atomic E-state index is 14.9. The number of Topliss-reactive ketones (excluding diaryl/α,β-unsaturated/α-hetero) is 1. The average Bonchev–Trinajstić information content (AvgIpc) is 2.98. The lowest BCUT2D eigenvalue weighted by Crippen LogP contribution is -2.68. The monoisotopic (exact) mass is 389 g/mol. The van der Waals surface area contributed by atoms with Crippen LogP contribution in [0.4, 0.5) is 13.6 Å². The van der Waals surface area contributed by atoms with Gasteiger partial charge in [0.05, 0.1) is 6.61 Å². The van der Waals surface area contributed by atoms with Gasteiger partial charge in [0.1, 0.15) is 23.4 Å². The Labute approximate surface area is 155 Å². The molecule has 0 aliphatic heterocycles. The molecule has 4 N–H and O–H groups in total. The Hall–Kier alpha value is -2.26. The van der Waals surface area contributed by atoms with Crippen LogP contribution in [0.3, 0.4) is 0 Å². The van der Waals surface area contributed by atoms with Crippen molar-refractivity contribution in [2.24, 2.45) is 5.73 Å². The molecule has 0 spiro atoms. The molecular weight excluding hydrogens is 364 g/mol. The standard InChI is InChI=1S/C17H25F2N3O5/c1-2-27-15(26)21-11(9-16(19)5-3-4-6-16)14(25)22-17(7-10(18)8-17)12(23)13(20)24/h10-11H,2-9H2,1H3,(H2,20,24)(H,21,26)(H,22,25). The number of alkyl halides is 2. The van der Waals surface area contributed by atoms with Gasteiger partial charge in [0, 0.05) is 19.3 Å². The Morgan fingerprint density at radius 3 is 2.30 bits per heavy atom. The van der Waals surface area contributed by atoms with Crippen LogP contribution >= 0.6 is 0 Å². The van der Waals surface area contributed by atoms with Crippen LogP contribution in [0.1, 0.15) is 51.9 Å². The van der Waals surface area contributed by atoms with Crippen molar-refractivity contribution in [2.75, 3.05) is 6.61 Å². The summed E-state index contributed by atoms with van der Waals surface area (Å²) in [4.78, 5) is 47.7. The van der Waals surface area contributed by atoms with Crippen LogP contribution in [0, 0.1) is 0 Å². The average molecular weight is 389 g/mol. The van der Waals surface area contributed by atoms with Crippen LogP contribution in [-0.4, -0.2) is 53.7 Å². The lowest BCUT2D eigenvalue weighted by atomic mass is 9.71. The van der Waals surface area contributed by atoms with Gasteiger partial charge in [0.15, 0.2) is 0 Å². The summed E-state index contributed by atoms with van der Waals surface area (Å²) in [5.74, 6) is -3.29. The fourth-order valence-electron chi connectivity index (χ4n) is 3.70. The molecule has 152 valence electrons. The van der Waals surface area contributed by atoms with Gasteiger partial charge in [-0.2, -0.15) is 0 Å². The molecule has 10 heteroatoms. The number of rotatable bonds is 8. The molecule has 27 heavy (non-hydrogen) atoms. The van der Waals surface area contributed by atoms with E-state index in [4.69, 9.17) is 10.5 Å². The van der Waals surface area contributed by atoms with E-state index >= 15 is 0 Å². The molecule has 0 bridgehead atoms. The highest BCUT2D eigenvalue weighted by atomic mass is 19.1. The Bertz CT molecular complexity index is 616. The number of carbonyl (C=O) groups excluding carboxylic acids is 4. The molecular formula is C17H25F2N3O5. The minimum absolute atomic E-state index is 0.0502. The van der Waals surface area contributed by atoms with Gasteiger partial charge in [-0.1, -0.05) is 12.8 Å². The minimum atomic E-state index is -1.75. The quantitative estimate of drug-likeness (QED) is 0.530. The zero-order chi connectivity index (χ0) is 20.2. The molecule has 2 saturated carbocycles. The topological polar surface area (TPSA) is 128 Å². The van der Waals surface area contributed by atoms with Gasteiger partial charge < -0.3 is 21.1 Å². The second-order valence-electron chi connectivity index (χ2n) is 7.25. The third kappa shape index (κ3) is 4.92. The smallest absolute Gasteiger partial charge is 0.407 e. The second-order valence-corrected chi connectivity index (χ2v) is 7.25. The van der Waals surface area contributed by atoms with Gasteiger partial charge in [0.25, 0.3) is 5.91 Å². The van der Waals surface area contributed by atoms with Gasteiger partial charge in [-0.3, -0.25) is 14.4 Å². The van der Waals surface area contributed by atoms with Gasteiger partial charge in [-0.05, 0) is 19.8 Å². The third-order valence-electron chi connectivity index (χ3n) is 5.11. The van der Waals surface area contributed by atoms with Crippen molar-refractivity contribution < 1.29 is 32.7 Å². The van der Waals surface area contributed by atoms with Crippen LogP contribution in [-0.2, 0) is 19.1 Å². The van der Waals surface area contributed by atoms with Crippen molar-refractivity contribution in [1.82, 2.24) is 10.6 Å². The van der Waals surface area contributed by atoms with E-state index in [1.54, 1.807) is 6.92 Å². The van der Waals surface area contributed by atoms with E-state index in [2.05, 4.69) is 10.6 Å². The number of ketones is 1. The number of nitrogens with one attached hydrogen (secondary N) is 2. The second kappa shape index (κ2) is 8.18. The number of halogens is 2. The molecule has 0 radical (unpaired) electrons. The Kier molecular flexibility index (Phi) is 6.38. The van der Waals surface area contributed by atoms with Gasteiger partial charge in [0.2, 0.25) is 11.7 Å². The van der Waals surface area contributed by atoms with Crippen molar-refractivity contribution in [2.45, 2.75) is 75.3 Å². The van der Waals surface area contributed by atoms with Crippen LogP contribution in [0.5, 0.6) is 0 Å². The fourth-order valence-corrected chi connectivity index (χ4v) is 3.70. The molecule has 0 aromatic heterocycles. The normalized spacial score (nSPS) is 27.1. The first-order chi connectivity index (χ1) is 12.6. The number of hydrogen-bond acceptors (Lipinski definition) is 5. The molecule has 2 fully saturated rings. The molecule has 8 nitrogen and oxygen atoms in total. The number of primary amides is 1. The van der Waals surface area contributed by atoms with Gasteiger partial charge in [-0.25, -0.2) is 13.6 Å². The van der Waals surface area contributed by atoms with Crippen LogP contribution in [0.25, 0.3) is 0 Å². The number of hydrogen-bond donors (Lipinski definition) is 3. The summed E-state index contributed by atoms with van der Waals surface area (Å²) in [5.41, 5.74) is 1.60. The van der Waals surface area contributed by atoms with Gasteiger partial charge in [-0.15, -0.1) is 0 Å². The highest BCUT2D eigenvalue weighted by molar-refractivity contribution is 6.39. The summed E-state index contributed by atoms with van der Waals surface area (Å²) in [6, 6.07) is -1.33. The van der Waals surface area contributed by atoms with E-state index in [-0.39, 0.29) is 25.9 Å². The molecule has 0 heterocycles. The number of amides is 3. The summed E-state index contributed by atoms with van der Waals surface area (Å²) in [7, 11) is 0. The highest BCUT2D eigenvalue weighted by Crippen LogP contribution is 2.38. The van der Waals surface area contributed by atoms with E-state index in [1.807, 2.05) is 0 Å². The molecule has 0 aromatic carbocycles. The van der Waals surface area contributed by atoms with Crippen LogP contribution in [0.15, 0.2) is 0 Å². The van der Waals surface area contributed by atoms with E-state index < -0.39 is 60.0 Å². The highest BCUT2D eigenvalue weighted by Gasteiger charge is 2.54. The lowest BCUT2D eigenvalue weighted by molar-refractivity contribution is -0.147. The van der Waals surface area contributed by atoms with Gasteiger partial charge >= 0.3 is 6.09 Å². The van der Waals surface area contributed by atoms with Crippen molar-refractivity contribution in [3.05, 3.63) is 0 Å². The lowest BCUT2D eigenvalue weighted by Gasteiger charge is -2.43. The number of alkyl carbamates (subject to hydrolysis) is 1. The van der Waals surface area contributed by atoms with Crippen molar-refractivity contribution in [1.29, 1.82) is 0 Å². The number of ether oxygens (including phenoxy) is 1. The first-order valence-electron chi connectivity index (χ1n) is 9.03. The largest absolute Gasteiger partial charge is 0.450 e. The number of carbonyl (C=O) groups is 4. The van der Waals surface area contributed by atoms with E-state index in [0.717, 1.165) is 0 Å². The molecule has 2 aliphatic carbocycles. The van der Waals surface area contributed by atoms with Crippen molar-refractivity contribution in [3.8, 4) is 0 Å². The predicted molar refractivity (Wildman–Crippen MR) is 90.1 cm³/mol. The molecule has 2 rings (SSSR count). The summed E-state index contributed by atoms with van der Waals surface area (Å²) in [5, 5.41) is 4.60. The minimum Gasteiger partial charge on any atom is -0.450 e. The van der Waals surface area contributed by atoms with E-state index in [1.165, 1.54) is 0 Å². The predicted octanol–water partition coefficient (Wildman–Crippen LogP) is 0.815. The molecule has 1 atom stereocenters. The summed E-state index contributed by atoms with van der Waals surface area (Å²) >= 11 is 0. The van der Waals surface area contributed by atoms with Crippen molar-refractivity contribution >= 4 is 23.7 Å². The SMILES string of the molecule is CCOC(=O)NC(CC1(F)CCCC1)C(=O)NC1(C(=O)C(N)=O)CC(F)C1. The third-order valence-corrected chi connectivity index (χ3v) is 5.11. The zero-order valence-corrected chi connectivity index (χ0v) is 15.2. The molecule has 0 aromatic rings. The Morgan fingerprint density at radius 1 is 1.22 bits per heavy atom. The summed E-state index contributed by atoms with van der Waals surface area (Å²) in [6.07, 6.45) is -1.55. The fraction of sp³-hybridized carbons (Fsp3) is 0.765. The number of nitrogens with two attached hydrogens (primary N) is 1. The van der Waals surface area contributed by atoms with E-state index in [0.29, 0.717) is 12.8 Å². The Balaban J connectivity index is 2.14. The molecule has 0 saturated heterocycles. The maximum atomic E-state index is 14.9.